The molecule has 2 aromatic rings. The number of hydrogen-bond donors (Lipinski definition) is 1. The van der Waals surface area contributed by atoms with E-state index in [1.54, 1.807) is 18.2 Å². The molecular weight excluding hydrogens is 385 g/mol. The molecule has 1 aromatic heterocycles. The number of amides is 1. The summed E-state index contributed by atoms with van der Waals surface area (Å²) in [5, 5.41) is 2.90. The number of sulfone groups is 1. The Hall–Kier alpha value is -2.55. The molecule has 0 aliphatic heterocycles. The molecule has 1 aliphatic rings. The van der Waals surface area contributed by atoms with Crippen molar-refractivity contribution < 1.29 is 22.3 Å². The predicted molar refractivity (Wildman–Crippen MR) is 99.9 cm³/mol. The molecule has 28 heavy (non-hydrogen) atoms. The van der Waals surface area contributed by atoms with Crippen LogP contribution in [-0.4, -0.2) is 42.2 Å². The van der Waals surface area contributed by atoms with Gasteiger partial charge in [-0.3, -0.25) is 4.79 Å². The molecule has 0 saturated heterocycles. The molecule has 1 saturated carbocycles. The summed E-state index contributed by atoms with van der Waals surface area (Å²) in [6.45, 7) is 0. The number of benzene rings is 1. The Morgan fingerprint density at radius 1 is 1.11 bits per heavy atom. The van der Waals surface area contributed by atoms with Crippen LogP contribution in [0.3, 0.4) is 0 Å². The van der Waals surface area contributed by atoms with E-state index in [9.17, 15) is 17.6 Å². The first kappa shape index (κ1) is 20.2. The number of rotatable bonds is 7. The Kier molecular flexibility index (Phi) is 6.56. The Balaban J connectivity index is 1.40. The number of aromatic nitrogens is 2. The molecule has 0 spiro atoms. The molecule has 150 valence electrons. The molecule has 3 rings (SSSR count). The lowest BCUT2D eigenvalue weighted by molar-refractivity contribution is -0.121. The fraction of sp³-hybridized carbons (Fsp3) is 0.421. The van der Waals surface area contributed by atoms with Crippen molar-refractivity contribution in [2.24, 2.45) is 0 Å². The highest BCUT2D eigenvalue weighted by Gasteiger charge is 2.25. The maximum absolute atomic E-state index is 12.8. The second-order valence-electron chi connectivity index (χ2n) is 6.72. The second kappa shape index (κ2) is 9.09. The summed E-state index contributed by atoms with van der Waals surface area (Å²) >= 11 is 0. The zero-order valence-electron chi connectivity index (χ0n) is 15.3. The van der Waals surface area contributed by atoms with Crippen molar-refractivity contribution >= 4 is 15.7 Å². The van der Waals surface area contributed by atoms with Crippen LogP contribution in [0.4, 0.5) is 4.39 Å². The van der Waals surface area contributed by atoms with Gasteiger partial charge in [0.25, 0.3) is 0 Å². The van der Waals surface area contributed by atoms with Crippen LogP contribution in [0.5, 0.6) is 6.01 Å². The number of hydrogen-bond acceptors (Lipinski definition) is 6. The van der Waals surface area contributed by atoms with Crippen LogP contribution in [-0.2, 0) is 14.6 Å². The van der Waals surface area contributed by atoms with Gasteiger partial charge in [0.05, 0.1) is 23.0 Å². The minimum absolute atomic E-state index is 0.0130. The second-order valence-corrected chi connectivity index (χ2v) is 8.83. The third kappa shape index (κ3) is 5.72. The average Bonchev–Trinajstić information content (AvgIpc) is 2.70. The van der Waals surface area contributed by atoms with Crippen molar-refractivity contribution in [3.63, 3.8) is 0 Å². The van der Waals surface area contributed by atoms with E-state index in [1.165, 1.54) is 12.1 Å². The smallest absolute Gasteiger partial charge is 0.316 e. The maximum atomic E-state index is 12.8. The molecule has 1 aliphatic carbocycles. The molecule has 0 unspecified atom stereocenters. The van der Waals surface area contributed by atoms with E-state index in [2.05, 4.69) is 15.3 Å². The van der Waals surface area contributed by atoms with Gasteiger partial charge < -0.3 is 10.1 Å². The largest absolute Gasteiger partial charge is 0.460 e. The first-order chi connectivity index (χ1) is 13.4. The zero-order chi connectivity index (χ0) is 20.0. The van der Waals surface area contributed by atoms with E-state index in [0.29, 0.717) is 25.7 Å². The van der Waals surface area contributed by atoms with E-state index in [0.717, 1.165) is 12.4 Å². The van der Waals surface area contributed by atoms with E-state index in [4.69, 9.17) is 4.74 Å². The van der Waals surface area contributed by atoms with Gasteiger partial charge >= 0.3 is 6.01 Å². The SMILES string of the molecule is O=C(CCS(=O)(=O)c1ccccc1)NC1CCC(Oc2ncc(F)cn2)CC1. The number of nitrogens with zero attached hydrogens (tertiary/aromatic N) is 2. The van der Waals surface area contributed by atoms with Crippen LogP contribution in [0.15, 0.2) is 47.6 Å². The lowest BCUT2D eigenvalue weighted by atomic mass is 9.93. The van der Waals surface area contributed by atoms with Gasteiger partial charge in [0.1, 0.15) is 6.10 Å². The van der Waals surface area contributed by atoms with Gasteiger partial charge in [-0.05, 0) is 37.8 Å². The fourth-order valence-corrected chi connectivity index (χ4v) is 4.37. The minimum Gasteiger partial charge on any atom is -0.460 e. The molecule has 1 aromatic carbocycles. The lowest BCUT2D eigenvalue weighted by Gasteiger charge is -2.28. The molecule has 1 amide bonds. The van der Waals surface area contributed by atoms with Crippen LogP contribution >= 0.6 is 0 Å². The van der Waals surface area contributed by atoms with Gasteiger partial charge in [-0.1, -0.05) is 18.2 Å². The van der Waals surface area contributed by atoms with Gasteiger partial charge in [-0.15, -0.1) is 0 Å². The van der Waals surface area contributed by atoms with Crippen molar-refractivity contribution in [3.8, 4) is 6.01 Å². The Morgan fingerprint density at radius 3 is 2.39 bits per heavy atom. The van der Waals surface area contributed by atoms with Crippen LogP contribution in [0.2, 0.25) is 0 Å². The molecule has 0 atom stereocenters. The van der Waals surface area contributed by atoms with E-state index in [-0.39, 0.29) is 41.1 Å². The van der Waals surface area contributed by atoms with E-state index in [1.807, 2.05) is 0 Å². The normalized spacial score (nSPS) is 19.8. The standard InChI is InChI=1S/C19H22FN3O4S/c20-14-12-21-19(22-13-14)27-16-8-6-15(7-9-16)23-18(24)10-11-28(25,26)17-4-2-1-3-5-17/h1-5,12-13,15-16H,6-11H2,(H,23,24). The lowest BCUT2D eigenvalue weighted by Crippen LogP contribution is -2.40. The fourth-order valence-electron chi connectivity index (χ4n) is 3.11. The highest BCUT2D eigenvalue weighted by atomic mass is 32.2. The van der Waals surface area contributed by atoms with Crippen molar-refractivity contribution in [1.82, 2.24) is 15.3 Å². The number of carbonyl (C=O) groups is 1. The molecule has 7 nitrogen and oxygen atoms in total. The van der Waals surface area contributed by atoms with Crippen LogP contribution in [0.25, 0.3) is 0 Å². The summed E-state index contributed by atoms with van der Waals surface area (Å²) in [4.78, 5) is 19.9. The molecule has 1 fully saturated rings. The summed E-state index contributed by atoms with van der Waals surface area (Å²) in [5.74, 6) is -1.01. The quantitative estimate of drug-likeness (QED) is 0.756. The summed E-state index contributed by atoms with van der Waals surface area (Å²) in [7, 11) is -3.46. The van der Waals surface area contributed by atoms with E-state index >= 15 is 0 Å². The van der Waals surface area contributed by atoms with E-state index < -0.39 is 15.7 Å². The number of ether oxygens (including phenoxy) is 1. The molecule has 0 radical (unpaired) electrons. The maximum Gasteiger partial charge on any atom is 0.316 e. The summed E-state index contributed by atoms with van der Waals surface area (Å²) in [6, 6.07) is 8.24. The summed E-state index contributed by atoms with van der Waals surface area (Å²) in [6.07, 6.45) is 4.78. The molecular formula is C19H22FN3O4S. The summed E-state index contributed by atoms with van der Waals surface area (Å²) < 4.78 is 42.9. The van der Waals surface area contributed by atoms with Gasteiger partial charge in [-0.25, -0.2) is 22.8 Å². The van der Waals surface area contributed by atoms with Crippen molar-refractivity contribution in [1.29, 1.82) is 0 Å². The predicted octanol–water partition coefficient (Wildman–Crippen LogP) is 2.29. The monoisotopic (exact) mass is 407 g/mol. The van der Waals surface area contributed by atoms with Gasteiger partial charge in [0, 0.05) is 12.5 Å². The molecule has 0 bridgehead atoms. The Bertz CT molecular complexity index is 883. The summed E-state index contributed by atoms with van der Waals surface area (Å²) in [5.41, 5.74) is 0. The molecule has 1 heterocycles. The molecule has 9 heteroatoms. The first-order valence-electron chi connectivity index (χ1n) is 9.14. The van der Waals surface area contributed by atoms with Crippen LogP contribution in [0, 0.1) is 5.82 Å². The first-order valence-corrected chi connectivity index (χ1v) is 10.8. The van der Waals surface area contributed by atoms with Gasteiger partial charge in [0.15, 0.2) is 15.7 Å². The zero-order valence-corrected chi connectivity index (χ0v) is 16.1. The van der Waals surface area contributed by atoms with Gasteiger partial charge in [-0.2, -0.15) is 0 Å². The third-order valence-electron chi connectivity index (χ3n) is 4.61. The Labute approximate surface area is 163 Å². The highest BCUT2D eigenvalue weighted by molar-refractivity contribution is 7.91. The van der Waals surface area contributed by atoms with Gasteiger partial charge in [0.2, 0.25) is 5.91 Å². The Morgan fingerprint density at radius 2 is 1.75 bits per heavy atom. The van der Waals surface area contributed by atoms with Crippen molar-refractivity contribution in [3.05, 3.63) is 48.5 Å². The topological polar surface area (TPSA) is 98.2 Å². The average molecular weight is 407 g/mol. The van der Waals surface area contributed by atoms with Crippen molar-refractivity contribution in [2.45, 2.75) is 49.1 Å². The highest BCUT2D eigenvalue weighted by Crippen LogP contribution is 2.22. The number of nitrogens with one attached hydrogen (secondary N) is 1. The minimum atomic E-state index is -3.46. The van der Waals surface area contributed by atoms with Crippen LogP contribution < -0.4 is 10.1 Å². The number of halogens is 1. The van der Waals surface area contributed by atoms with Crippen molar-refractivity contribution in [2.75, 3.05) is 5.75 Å². The third-order valence-corrected chi connectivity index (χ3v) is 6.34. The van der Waals surface area contributed by atoms with Crippen LogP contribution in [0.1, 0.15) is 32.1 Å². The number of carbonyl (C=O) groups excluding carboxylic acids is 1. The molecule has 1 N–H and O–H groups in total.